The van der Waals surface area contributed by atoms with Crippen LogP contribution in [-0.2, 0) is 9.53 Å². The Balaban J connectivity index is 2.62. The lowest BCUT2D eigenvalue weighted by Gasteiger charge is -2.23. The van der Waals surface area contributed by atoms with E-state index in [4.69, 9.17) is 4.74 Å². The number of ether oxygens (including phenoxy) is 1. The molecule has 1 rings (SSSR count). The molecule has 0 aromatic heterocycles. The summed E-state index contributed by atoms with van der Waals surface area (Å²) < 4.78 is 5.16. The lowest BCUT2D eigenvalue weighted by Crippen LogP contribution is -2.36. The van der Waals surface area contributed by atoms with E-state index in [-0.39, 0.29) is 12.0 Å². The lowest BCUT2D eigenvalue weighted by molar-refractivity contribution is -0.144. The molecular formula is C16H26N2O2. The van der Waals surface area contributed by atoms with Crippen LogP contribution >= 0.6 is 0 Å². The van der Waals surface area contributed by atoms with Gasteiger partial charge in [0.25, 0.3) is 0 Å². The number of esters is 1. The summed E-state index contributed by atoms with van der Waals surface area (Å²) >= 11 is 0. The average Bonchev–Trinajstić information content (AvgIpc) is 2.48. The molecule has 1 atom stereocenters. The molecule has 0 saturated carbocycles. The maximum Gasteiger partial charge on any atom is 0.328 e. The van der Waals surface area contributed by atoms with Gasteiger partial charge in [0.05, 0.1) is 6.61 Å². The fourth-order valence-electron chi connectivity index (χ4n) is 2.08. The fourth-order valence-corrected chi connectivity index (χ4v) is 2.08. The zero-order valence-electron chi connectivity index (χ0n) is 12.8. The van der Waals surface area contributed by atoms with Gasteiger partial charge in [-0.05, 0) is 38.6 Å². The van der Waals surface area contributed by atoms with E-state index in [0.29, 0.717) is 6.61 Å². The van der Waals surface area contributed by atoms with E-state index in [1.54, 1.807) is 0 Å². The number of benzene rings is 1. The minimum Gasteiger partial charge on any atom is -0.464 e. The second kappa shape index (κ2) is 9.37. The monoisotopic (exact) mass is 278 g/mol. The number of hydrogen-bond acceptors (Lipinski definition) is 4. The van der Waals surface area contributed by atoms with Crippen molar-refractivity contribution in [3.05, 3.63) is 30.3 Å². The Morgan fingerprint density at radius 3 is 2.40 bits per heavy atom. The normalized spacial score (nSPS) is 12.2. The highest BCUT2D eigenvalue weighted by Gasteiger charge is 2.20. The summed E-state index contributed by atoms with van der Waals surface area (Å²) in [5.41, 5.74) is 0.949. The SMILES string of the molecule is CCOC(=O)[C@H](CCN(CC)CC)Nc1ccccc1. The standard InChI is InChI=1S/C16H26N2O2/c1-4-18(5-2)13-12-15(16(19)20-6-3)17-14-10-8-7-9-11-14/h7-11,15,17H,4-6,12-13H2,1-3H3/t15-/m0/s1. The molecule has 112 valence electrons. The third-order valence-corrected chi connectivity index (χ3v) is 3.31. The van der Waals surface area contributed by atoms with Crippen molar-refractivity contribution >= 4 is 11.7 Å². The van der Waals surface area contributed by atoms with Crippen molar-refractivity contribution < 1.29 is 9.53 Å². The molecule has 0 spiro atoms. The van der Waals surface area contributed by atoms with E-state index in [1.807, 2.05) is 37.3 Å². The molecule has 1 aromatic rings. The molecule has 0 aliphatic rings. The highest BCUT2D eigenvalue weighted by Crippen LogP contribution is 2.11. The predicted molar refractivity (Wildman–Crippen MR) is 82.9 cm³/mol. The van der Waals surface area contributed by atoms with Crippen LogP contribution in [0.5, 0.6) is 0 Å². The molecule has 0 aliphatic carbocycles. The Labute approximate surface area is 122 Å². The first-order chi connectivity index (χ1) is 9.71. The number of nitrogens with one attached hydrogen (secondary N) is 1. The lowest BCUT2D eigenvalue weighted by atomic mass is 10.1. The smallest absolute Gasteiger partial charge is 0.328 e. The van der Waals surface area contributed by atoms with Crippen molar-refractivity contribution in [1.82, 2.24) is 4.90 Å². The summed E-state index contributed by atoms with van der Waals surface area (Å²) in [7, 11) is 0. The van der Waals surface area contributed by atoms with E-state index in [0.717, 1.165) is 31.7 Å². The molecule has 0 bridgehead atoms. The quantitative estimate of drug-likeness (QED) is 0.705. The second-order valence-corrected chi connectivity index (χ2v) is 4.63. The molecule has 0 radical (unpaired) electrons. The largest absolute Gasteiger partial charge is 0.464 e. The van der Waals surface area contributed by atoms with E-state index < -0.39 is 0 Å². The minimum absolute atomic E-state index is 0.177. The maximum atomic E-state index is 12.0. The average molecular weight is 278 g/mol. The van der Waals surface area contributed by atoms with Crippen LogP contribution in [0.1, 0.15) is 27.2 Å². The van der Waals surface area contributed by atoms with Crippen molar-refractivity contribution in [1.29, 1.82) is 0 Å². The van der Waals surface area contributed by atoms with Crippen LogP contribution in [-0.4, -0.2) is 43.2 Å². The molecular weight excluding hydrogens is 252 g/mol. The predicted octanol–water partition coefficient (Wildman–Crippen LogP) is 2.76. The third kappa shape index (κ3) is 5.61. The van der Waals surface area contributed by atoms with Gasteiger partial charge < -0.3 is 15.0 Å². The number of carbonyl (C=O) groups excluding carboxylic acids is 1. The zero-order chi connectivity index (χ0) is 14.8. The first-order valence-corrected chi connectivity index (χ1v) is 7.41. The van der Waals surface area contributed by atoms with Gasteiger partial charge in [0.1, 0.15) is 6.04 Å². The maximum absolute atomic E-state index is 12.0. The van der Waals surface area contributed by atoms with Crippen LogP contribution in [0.2, 0.25) is 0 Å². The van der Waals surface area contributed by atoms with Crippen LogP contribution in [0.15, 0.2) is 30.3 Å². The Kier molecular flexibility index (Phi) is 7.73. The Hall–Kier alpha value is -1.55. The summed E-state index contributed by atoms with van der Waals surface area (Å²) in [6.07, 6.45) is 0.745. The van der Waals surface area contributed by atoms with Gasteiger partial charge in [-0.2, -0.15) is 0 Å². The molecule has 20 heavy (non-hydrogen) atoms. The zero-order valence-corrected chi connectivity index (χ0v) is 12.8. The third-order valence-electron chi connectivity index (χ3n) is 3.31. The molecule has 0 fully saturated rings. The second-order valence-electron chi connectivity index (χ2n) is 4.63. The fraction of sp³-hybridized carbons (Fsp3) is 0.562. The van der Waals surface area contributed by atoms with Crippen molar-refractivity contribution in [2.45, 2.75) is 33.2 Å². The van der Waals surface area contributed by atoms with Crippen LogP contribution in [0.4, 0.5) is 5.69 Å². The van der Waals surface area contributed by atoms with E-state index in [9.17, 15) is 4.79 Å². The van der Waals surface area contributed by atoms with Crippen molar-refractivity contribution in [2.24, 2.45) is 0 Å². The number of para-hydroxylation sites is 1. The summed E-state index contributed by atoms with van der Waals surface area (Å²) in [4.78, 5) is 14.3. The van der Waals surface area contributed by atoms with Gasteiger partial charge in [-0.15, -0.1) is 0 Å². The summed E-state index contributed by atoms with van der Waals surface area (Å²) in [6, 6.07) is 9.50. The van der Waals surface area contributed by atoms with Crippen LogP contribution < -0.4 is 5.32 Å². The van der Waals surface area contributed by atoms with Gasteiger partial charge in [0, 0.05) is 12.2 Å². The van der Waals surface area contributed by atoms with Crippen molar-refractivity contribution in [3.8, 4) is 0 Å². The molecule has 0 saturated heterocycles. The number of carbonyl (C=O) groups is 1. The number of hydrogen-bond donors (Lipinski definition) is 1. The first kappa shape index (κ1) is 16.5. The molecule has 1 aromatic carbocycles. The van der Waals surface area contributed by atoms with Gasteiger partial charge in [-0.1, -0.05) is 32.0 Å². The number of nitrogens with zero attached hydrogens (tertiary/aromatic N) is 1. The summed E-state index contributed by atoms with van der Waals surface area (Å²) in [5.74, 6) is -0.177. The first-order valence-electron chi connectivity index (χ1n) is 7.41. The molecule has 0 aliphatic heterocycles. The van der Waals surface area contributed by atoms with Gasteiger partial charge >= 0.3 is 5.97 Å². The Bertz CT molecular complexity index is 377. The molecule has 0 heterocycles. The molecule has 4 heteroatoms. The molecule has 4 nitrogen and oxygen atoms in total. The summed E-state index contributed by atoms with van der Waals surface area (Å²) in [6.45, 7) is 9.39. The van der Waals surface area contributed by atoms with E-state index >= 15 is 0 Å². The van der Waals surface area contributed by atoms with Gasteiger partial charge in [0.15, 0.2) is 0 Å². The van der Waals surface area contributed by atoms with E-state index in [2.05, 4.69) is 24.1 Å². The Morgan fingerprint density at radius 2 is 1.85 bits per heavy atom. The Morgan fingerprint density at radius 1 is 1.20 bits per heavy atom. The summed E-state index contributed by atoms with van der Waals surface area (Å²) in [5, 5.41) is 3.27. The molecule has 0 amide bonds. The van der Waals surface area contributed by atoms with E-state index in [1.165, 1.54) is 0 Å². The van der Waals surface area contributed by atoms with Gasteiger partial charge in [0.2, 0.25) is 0 Å². The molecule has 0 unspecified atom stereocenters. The molecule has 1 N–H and O–H groups in total. The van der Waals surface area contributed by atoms with Crippen LogP contribution in [0.3, 0.4) is 0 Å². The van der Waals surface area contributed by atoms with Crippen molar-refractivity contribution in [3.63, 3.8) is 0 Å². The highest BCUT2D eigenvalue weighted by atomic mass is 16.5. The van der Waals surface area contributed by atoms with Gasteiger partial charge in [-0.25, -0.2) is 4.79 Å². The highest BCUT2D eigenvalue weighted by molar-refractivity contribution is 5.79. The number of anilines is 1. The van der Waals surface area contributed by atoms with Crippen LogP contribution in [0.25, 0.3) is 0 Å². The number of rotatable bonds is 9. The van der Waals surface area contributed by atoms with Crippen molar-refractivity contribution in [2.75, 3.05) is 31.6 Å². The van der Waals surface area contributed by atoms with Crippen LogP contribution in [0, 0.1) is 0 Å². The minimum atomic E-state index is -0.294. The topological polar surface area (TPSA) is 41.6 Å². The van der Waals surface area contributed by atoms with Gasteiger partial charge in [-0.3, -0.25) is 0 Å².